The number of rotatable bonds is 4. The van der Waals surface area contributed by atoms with Gasteiger partial charge in [0, 0.05) is 21.5 Å². The molecule has 0 saturated carbocycles. The van der Waals surface area contributed by atoms with Crippen LogP contribution in [-0.4, -0.2) is 10.7 Å². The zero-order chi connectivity index (χ0) is 18.0. The smallest absolute Gasteiger partial charge is 0.203 e. The van der Waals surface area contributed by atoms with E-state index in [-0.39, 0.29) is 0 Å². The lowest BCUT2D eigenvalue weighted by Crippen LogP contribution is -2.01. The van der Waals surface area contributed by atoms with Gasteiger partial charge in [-0.2, -0.15) is 5.10 Å². The van der Waals surface area contributed by atoms with Gasteiger partial charge in [-0.3, -0.25) is 5.43 Å². The van der Waals surface area contributed by atoms with E-state index >= 15 is 0 Å². The number of aromatic nitrogens is 1. The minimum atomic E-state index is 0.314. The first-order valence-electron chi connectivity index (χ1n) is 7.11. The molecule has 1 N–H and O–H groups in total. The highest BCUT2D eigenvalue weighted by Gasteiger charge is 2.11. The van der Waals surface area contributed by atoms with E-state index in [4.69, 9.17) is 46.4 Å². The maximum absolute atomic E-state index is 6.22. The molecule has 3 rings (SSSR count). The van der Waals surface area contributed by atoms with Crippen molar-refractivity contribution in [1.82, 2.24) is 4.98 Å². The largest absolute Gasteiger partial charge is 0.252 e. The second-order valence-electron chi connectivity index (χ2n) is 5.08. The lowest BCUT2D eigenvalue weighted by molar-refractivity contribution is 1.27. The summed E-state index contributed by atoms with van der Waals surface area (Å²) in [6.45, 7) is 1.83. The lowest BCUT2D eigenvalue weighted by Gasteiger charge is -2.07. The molecule has 25 heavy (non-hydrogen) atoms. The van der Waals surface area contributed by atoms with E-state index in [0.29, 0.717) is 36.5 Å². The number of anilines is 1. The molecule has 0 radical (unpaired) electrons. The standard InChI is InChI=1S/C17H11Cl4N3S/c1-9(12-6-7-13(19)16(21)15(12)20)23-24-17-22-14(8-25-17)10-2-4-11(18)5-3-10/h2-8H,1H3,(H,22,24)/b23-9+. The van der Waals surface area contributed by atoms with E-state index in [0.717, 1.165) is 11.3 Å². The van der Waals surface area contributed by atoms with E-state index in [1.807, 2.05) is 36.6 Å². The zero-order valence-corrected chi connectivity index (χ0v) is 16.7. The van der Waals surface area contributed by atoms with Gasteiger partial charge >= 0.3 is 0 Å². The van der Waals surface area contributed by atoms with Crippen LogP contribution in [0.3, 0.4) is 0 Å². The number of benzene rings is 2. The fraction of sp³-hybridized carbons (Fsp3) is 0.0588. The molecule has 0 fully saturated rings. The fourth-order valence-electron chi connectivity index (χ4n) is 2.08. The Kier molecular flexibility index (Phi) is 5.87. The average Bonchev–Trinajstić information content (AvgIpc) is 3.07. The normalized spacial score (nSPS) is 11.6. The summed E-state index contributed by atoms with van der Waals surface area (Å²) in [5.74, 6) is 0. The Labute approximate surface area is 169 Å². The molecule has 0 spiro atoms. The monoisotopic (exact) mass is 429 g/mol. The molecule has 1 heterocycles. The summed E-state index contributed by atoms with van der Waals surface area (Å²) in [5.41, 5.74) is 6.16. The summed E-state index contributed by atoms with van der Waals surface area (Å²) >= 11 is 25.6. The molecular weight excluding hydrogens is 420 g/mol. The molecular formula is C17H11Cl4N3S. The molecule has 0 bridgehead atoms. The van der Waals surface area contributed by atoms with Gasteiger partial charge in [-0.15, -0.1) is 11.3 Å². The minimum absolute atomic E-state index is 0.314. The van der Waals surface area contributed by atoms with E-state index in [1.165, 1.54) is 11.3 Å². The molecule has 0 atom stereocenters. The second-order valence-corrected chi connectivity index (χ2v) is 7.53. The van der Waals surface area contributed by atoms with Crippen LogP contribution in [0.5, 0.6) is 0 Å². The maximum atomic E-state index is 6.22. The molecule has 2 aromatic carbocycles. The quantitative estimate of drug-likeness (QED) is 0.268. The first-order valence-corrected chi connectivity index (χ1v) is 9.50. The number of hydrazone groups is 1. The van der Waals surface area contributed by atoms with Crippen molar-refractivity contribution in [2.24, 2.45) is 5.10 Å². The van der Waals surface area contributed by atoms with Gasteiger partial charge in [0.2, 0.25) is 5.13 Å². The van der Waals surface area contributed by atoms with Crippen LogP contribution in [0, 0.1) is 0 Å². The molecule has 3 nitrogen and oxygen atoms in total. The minimum Gasteiger partial charge on any atom is -0.252 e. The highest BCUT2D eigenvalue weighted by Crippen LogP contribution is 2.33. The summed E-state index contributed by atoms with van der Waals surface area (Å²) in [6, 6.07) is 11.0. The number of nitrogens with zero attached hydrogens (tertiary/aromatic N) is 2. The topological polar surface area (TPSA) is 37.3 Å². The van der Waals surface area contributed by atoms with Crippen molar-refractivity contribution in [3.05, 3.63) is 67.4 Å². The molecule has 0 aliphatic rings. The molecule has 8 heteroatoms. The van der Waals surface area contributed by atoms with Crippen molar-refractivity contribution in [1.29, 1.82) is 0 Å². The average molecular weight is 431 g/mol. The van der Waals surface area contributed by atoms with Crippen molar-refractivity contribution < 1.29 is 0 Å². The summed E-state index contributed by atoms with van der Waals surface area (Å²) in [6.07, 6.45) is 0. The van der Waals surface area contributed by atoms with Crippen molar-refractivity contribution in [3.8, 4) is 11.3 Å². The third kappa shape index (κ3) is 4.27. The number of nitrogens with one attached hydrogen (secondary N) is 1. The van der Waals surface area contributed by atoms with E-state index < -0.39 is 0 Å². The van der Waals surface area contributed by atoms with Crippen LogP contribution >= 0.6 is 57.7 Å². The number of hydrogen-bond acceptors (Lipinski definition) is 4. The van der Waals surface area contributed by atoms with Crippen LogP contribution in [0.1, 0.15) is 12.5 Å². The Morgan fingerprint density at radius 2 is 1.72 bits per heavy atom. The summed E-state index contributed by atoms with van der Waals surface area (Å²) in [4.78, 5) is 4.51. The van der Waals surface area contributed by atoms with Crippen LogP contribution in [0.25, 0.3) is 11.3 Å². The van der Waals surface area contributed by atoms with Crippen LogP contribution in [0.4, 0.5) is 5.13 Å². The predicted octanol–water partition coefficient (Wildman–Crippen LogP) is 7.26. The van der Waals surface area contributed by atoms with Crippen molar-refractivity contribution in [2.45, 2.75) is 6.92 Å². The molecule has 0 aliphatic heterocycles. The Hall–Kier alpha value is -1.30. The summed E-state index contributed by atoms with van der Waals surface area (Å²) < 4.78 is 0. The van der Waals surface area contributed by atoms with E-state index in [2.05, 4.69) is 15.5 Å². The third-order valence-electron chi connectivity index (χ3n) is 3.39. The Morgan fingerprint density at radius 3 is 2.44 bits per heavy atom. The SMILES string of the molecule is C/C(=N\Nc1nc(-c2ccc(Cl)cc2)cs1)c1ccc(Cl)c(Cl)c1Cl. The predicted molar refractivity (Wildman–Crippen MR) is 110 cm³/mol. The highest BCUT2D eigenvalue weighted by atomic mass is 35.5. The van der Waals surface area contributed by atoms with Gasteiger partial charge in [-0.1, -0.05) is 64.6 Å². The van der Waals surface area contributed by atoms with Gasteiger partial charge in [-0.05, 0) is 25.1 Å². The number of hydrogen-bond donors (Lipinski definition) is 1. The molecule has 1 aromatic heterocycles. The van der Waals surface area contributed by atoms with Gasteiger partial charge in [0.05, 0.1) is 26.5 Å². The third-order valence-corrected chi connectivity index (χ3v) is 5.68. The number of thiazole rings is 1. The number of halogens is 4. The van der Waals surface area contributed by atoms with Crippen LogP contribution in [0.2, 0.25) is 20.1 Å². The second kappa shape index (κ2) is 7.94. The van der Waals surface area contributed by atoms with E-state index in [9.17, 15) is 0 Å². The van der Waals surface area contributed by atoms with Crippen LogP contribution in [0.15, 0.2) is 46.9 Å². The molecule has 3 aromatic rings. The highest BCUT2D eigenvalue weighted by molar-refractivity contribution is 7.14. The van der Waals surface area contributed by atoms with E-state index in [1.54, 1.807) is 12.1 Å². The Bertz CT molecular complexity index is 936. The zero-order valence-electron chi connectivity index (χ0n) is 12.9. The van der Waals surface area contributed by atoms with Crippen molar-refractivity contribution in [3.63, 3.8) is 0 Å². The van der Waals surface area contributed by atoms with Gasteiger partial charge < -0.3 is 0 Å². The Balaban J connectivity index is 1.78. The van der Waals surface area contributed by atoms with Gasteiger partial charge in [0.25, 0.3) is 0 Å². The van der Waals surface area contributed by atoms with Gasteiger partial charge in [0.15, 0.2) is 0 Å². The molecule has 0 unspecified atom stereocenters. The summed E-state index contributed by atoms with van der Waals surface area (Å²) in [5, 5.41) is 8.72. The van der Waals surface area contributed by atoms with Crippen molar-refractivity contribution in [2.75, 3.05) is 5.43 Å². The molecule has 0 aliphatic carbocycles. The molecule has 128 valence electrons. The Morgan fingerprint density at radius 1 is 1.00 bits per heavy atom. The first kappa shape index (κ1) is 18.5. The summed E-state index contributed by atoms with van der Waals surface area (Å²) in [7, 11) is 0. The fourth-order valence-corrected chi connectivity index (χ4v) is 3.54. The van der Waals surface area contributed by atoms with Crippen LogP contribution < -0.4 is 5.43 Å². The van der Waals surface area contributed by atoms with Gasteiger partial charge in [0.1, 0.15) is 0 Å². The van der Waals surface area contributed by atoms with Crippen molar-refractivity contribution >= 4 is 68.6 Å². The van der Waals surface area contributed by atoms with Gasteiger partial charge in [-0.25, -0.2) is 4.98 Å². The maximum Gasteiger partial charge on any atom is 0.203 e. The first-order chi connectivity index (χ1) is 12.0. The molecule has 0 amide bonds. The van der Waals surface area contributed by atoms with Crippen LogP contribution in [-0.2, 0) is 0 Å². The lowest BCUT2D eigenvalue weighted by atomic mass is 10.1. The molecule has 0 saturated heterocycles.